The zero-order chi connectivity index (χ0) is 20.3. The van der Waals surface area contributed by atoms with E-state index in [1.165, 1.54) is 25.5 Å². The van der Waals surface area contributed by atoms with Gasteiger partial charge in [0.2, 0.25) is 0 Å². The van der Waals surface area contributed by atoms with Crippen LogP contribution >= 0.6 is 0 Å². The van der Waals surface area contributed by atoms with Crippen LogP contribution in [-0.4, -0.2) is 22.1 Å². The maximum absolute atomic E-state index is 12.8. The van der Waals surface area contributed by atoms with Gasteiger partial charge in [0.1, 0.15) is 17.5 Å². The van der Waals surface area contributed by atoms with Crippen molar-refractivity contribution < 1.29 is 22.7 Å². The van der Waals surface area contributed by atoms with Gasteiger partial charge in [0.15, 0.2) is 0 Å². The van der Waals surface area contributed by atoms with Gasteiger partial charge >= 0.3 is 6.18 Å². The number of nitrogens with one attached hydrogen (secondary N) is 1. The third-order valence-electron chi connectivity index (χ3n) is 3.95. The Hall–Kier alpha value is -3.27. The molecule has 1 heterocycles. The molecule has 2 aromatic carbocycles. The molecule has 28 heavy (non-hydrogen) atoms. The number of ether oxygens (including phenoxy) is 1. The summed E-state index contributed by atoms with van der Waals surface area (Å²) in [6.45, 7) is 2.06. The Morgan fingerprint density at radius 1 is 1.29 bits per heavy atom. The Morgan fingerprint density at radius 3 is 2.79 bits per heavy atom. The molecule has 3 aromatic rings. The lowest BCUT2D eigenvalue weighted by atomic mass is 10.2. The van der Waals surface area contributed by atoms with Crippen LogP contribution in [0.5, 0.6) is 5.75 Å². The van der Waals surface area contributed by atoms with Gasteiger partial charge < -0.3 is 10.5 Å². The van der Waals surface area contributed by atoms with Gasteiger partial charge in [0.05, 0.1) is 30.4 Å². The summed E-state index contributed by atoms with van der Waals surface area (Å²) >= 11 is 0. The van der Waals surface area contributed by atoms with Crippen LogP contribution in [0.25, 0.3) is 11.0 Å². The van der Waals surface area contributed by atoms with Gasteiger partial charge in [-0.15, -0.1) is 5.10 Å². The number of aromatic nitrogens is 3. The molecule has 0 atom stereocenters. The Labute approximate surface area is 158 Å². The quantitative estimate of drug-likeness (QED) is 0.379. The normalized spacial score (nSPS) is 12.4. The van der Waals surface area contributed by atoms with Gasteiger partial charge in [-0.1, -0.05) is 11.3 Å². The first-order valence-electron chi connectivity index (χ1n) is 8.19. The minimum Gasteiger partial charge on any atom is -0.463 e. The number of nitrogens with two attached hydrogens (primary N) is 1. The average Bonchev–Trinajstić information content (AvgIpc) is 3.01. The highest BCUT2D eigenvalue weighted by molar-refractivity contribution is 5.80. The zero-order valence-electron chi connectivity index (χ0n) is 15.1. The molecule has 148 valence electrons. The van der Waals surface area contributed by atoms with Crippen molar-refractivity contribution in [3.8, 4) is 5.75 Å². The number of hydrogen-bond donors (Lipinski definition) is 2. The van der Waals surface area contributed by atoms with Crippen LogP contribution in [0, 0.1) is 6.92 Å². The molecule has 0 saturated carbocycles. The van der Waals surface area contributed by atoms with Crippen molar-refractivity contribution in [3.63, 3.8) is 0 Å². The topological polar surface area (TPSA) is 87.2 Å². The number of halogens is 3. The number of hydroxylamine groups is 1. The molecule has 0 spiro atoms. The summed E-state index contributed by atoms with van der Waals surface area (Å²) in [4.78, 5) is 4.91. The molecule has 0 aliphatic carbocycles. The summed E-state index contributed by atoms with van der Waals surface area (Å²) in [5.74, 6) is 0.0392. The number of anilines is 1. The molecule has 0 unspecified atom stereocenters. The number of allylic oxidation sites excluding steroid dienone is 1. The molecule has 0 saturated heterocycles. The first kappa shape index (κ1) is 19.5. The maximum atomic E-state index is 12.8. The van der Waals surface area contributed by atoms with E-state index >= 15 is 0 Å². The van der Waals surface area contributed by atoms with Gasteiger partial charge in [-0.2, -0.15) is 13.2 Å². The minimum absolute atomic E-state index is 0.0392. The van der Waals surface area contributed by atoms with Crippen LogP contribution in [0.2, 0.25) is 0 Å². The van der Waals surface area contributed by atoms with Gasteiger partial charge in [-0.3, -0.25) is 10.3 Å². The standard InChI is InChI=1S/C18H18F3N5O2/c1-11-6-17-16(8-15(11)22)23-25-26(17)9-13(24-27-2)10-28-14-5-3-4-12(7-14)18(19,20)21/h3-8,10,24H,9,22H2,1-2H3. The highest BCUT2D eigenvalue weighted by Gasteiger charge is 2.30. The Morgan fingerprint density at radius 2 is 2.07 bits per heavy atom. The average molecular weight is 393 g/mol. The molecular weight excluding hydrogens is 375 g/mol. The van der Waals surface area contributed by atoms with Crippen molar-refractivity contribution in [2.75, 3.05) is 12.8 Å². The van der Waals surface area contributed by atoms with Crippen LogP contribution < -0.4 is 16.0 Å². The van der Waals surface area contributed by atoms with Gasteiger partial charge in [0, 0.05) is 5.69 Å². The molecule has 0 radical (unpaired) electrons. The summed E-state index contributed by atoms with van der Waals surface area (Å²) in [5.41, 5.74) is 11.0. The van der Waals surface area contributed by atoms with Crippen LogP contribution in [0.3, 0.4) is 0 Å². The summed E-state index contributed by atoms with van der Waals surface area (Å²) < 4.78 is 45.4. The fourth-order valence-electron chi connectivity index (χ4n) is 2.52. The van der Waals surface area contributed by atoms with Gasteiger partial charge in [-0.25, -0.2) is 4.68 Å². The zero-order valence-corrected chi connectivity index (χ0v) is 15.1. The van der Waals surface area contributed by atoms with Crippen LogP contribution in [0.4, 0.5) is 18.9 Å². The SMILES string of the molecule is CONC(=COc1cccc(C(F)(F)F)c1)Cn1nnc2cc(N)c(C)cc21. The number of benzene rings is 2. The van der Waals surface area contributed by atoms with E-state index in [-0.39, 0.29) is 12.3 Å². The summed E-state index contributed by atoms with van der Waals surface area (Å²) in [7, 11) is 1.41. The highest BCUT2D eigenvalue weighted by atomic mass is 19.4. The van der Waals surface area contributed by atoms with E-state index in [0.29, 0.717) is 16.9 Å². The summed E-state index contributed by atoms with van der Waals surface area (Å²) in [5, 5.41) is 8.13. The monoisotopic (exact) mass is 393 g/mol. The van der Waals surface area contributed by atoms with Crippen molar-refractivity contribution in [2.24, 2.45) is 0 Å². The third-order valence-corrected chi connectivity index (χ3v) is 3.95. The molecule has 0 aliphatic heterocycles. The van der Waals surface area contributed by atoms with Crippen molar-refractivity contribution >= 4 is 16.7 Å². The molecule has 10 heteroatoms. The van der Waals surface area contributed by atoms with Gasteiger partial charge in [0.25, 0.3) is 0 Å². The smallest absolute Gasteiger partial charge is 0.416 e. The predicted octanol–water partition coefficient (Wildman–Crippen LogP) is 3.41. The summed E-state index contributed by atoms with van der Waals surface area (Å²) in [6.07, 6.45) is -3.19. The second-order valence-electron chi connectivity index (χ2n) is 6.04. The fourth-order valence-corrected chi connectivity index (χ4v) is 2.52. The van der Waals surface area contributed by atoms with E-state index in [0.717, 1.165) is 23.2 Å². The number of rotatable bonds is 6. The Kier molecular flexibility index (Phi) is 5.41. The van der Waals surface area contributed by atoms with Crippen molar-refractivity contribution in [1.82, 2.24) is 20.5 Å². The lowest BCUT2D eigenvalue weighted by molar-refractivity contribution is -0.137. The first-order chi connectivity index (χ1) is 13.3. The van der Waals surface area contributed by atoms with Gasteiger partial charge in [-0.05, 0) is 42.8 Å². The van der Waals surface area contributed by atoms with E-state index in [2.05, 4.69) is 15.8 Å². The molecule has 0 fully saturated rings. The molecule has 1 aromatic heterocycles. The number of aryl methyl sites for hydroxylation is 1. The minimum atomic E-state index is -4.45. The number of nitrogen functional groups attached to an aromatic ring is 1. The van der Waals surface area contributed by atoms with E-state index in [9.17, 15) is 13.2 Å². The number of hydrogen-bond acceptors (Lipinski definition) is 6. The van der Waals surface area contributed by atoms with E-state index in [1.54, 1.807) is 10.7 Å². The third kappa shape index (κ3) is 4.34. The lowest BCUT2D eigenvalue weighted by Crippen LogP contribution is -2.18. The molecule has 0 bridgehead atoms. The molecule has 3 N–H and O–H groups in total. The number of nitrogens with zero attached hydrogens (tertiary/aromatic N) is 3. The van der Waals surface area contributed by atoms with Crippen molar-refractivity contribution in [3.05, 3.63) is 59.5 Å². The maximum Gasteiger partial charge on any atom is 0.416 e. The second kappa shape index (κ2) is 7.77. The largest absolute Gasteiger partial charge is 0.463 e. The van der Waals surface area contributed by atoms with Crippen molar-refractivity contribution in [2.45, 2.75) is 19.6 Å². The summed E-state index contributed by atoms with van der Waals surface area (Å²) in [6, 6.07) is 8.16. The molecular formula is C18H18F3N5O2. The van der Waals surface area contributed by atoms with E-state index < -0.39 is 11.7 Å². The first-order valence-corrected chi connectivity index (χ1v) is 8.19. The van der Waals surface area contributed by atoms with Crippen molar-refractivity contribution in [1.29, 1.82) is 0 Å². The van der Waals surface area contributed by atoms with Crippen LogP contribution in [-0.2, 0) is 17.6 Å². The molecule has 7 nitrogen and oxygen atoms in total. The fraction of sp³-hybridized carbons (Fsp3) is 0.222. The Bertz CT molecular complexity index is 1010. The number of alkyl halides is 3. The predicted molar refractivity (Wildman–Crippen MR) is 97.0 cm³/mol. The lowest BCUT2D eigenvalue weighted by Gasteiger charge is -2.11. The van der Waals surface area contributed by atoms with Crippen LogP contribution in [0.15, 0.2) is 48.4 Å². The number of fused-ring (bicyclic) bond motifs is 1. The van der Waals surface area contributed by atoms with E-state index in [4.69, 9.17) is 15.3 Å². The second-order valence-corrected chi connectivity index (χ2v) is 6.04. The Balaban J connectivity index is 1.83. The van der Waals surface area contributed by atoms with Crippen LogP contribution in [0.1, 0.15) is 11.1 Å². The molecule has 0 aliphatic rings. The molecule has 3 rings (SSSR count). The van der Waals surface area contributed by atoms with E-state index in [1.807, 2.05) is 13.0 Å². The highest BCUT2D eigenvalue weighted by Crippen LogP contribution is 2.31. The molecule has 0 amide bonds.